The maximum atomic E-state index is 4.51. The van der Waals surface area contributed by atoms with Gasteiger partial charge in [-0.15, -0.1) is 0 Å². The SMILES string of the molecule is CCCc1nc(C(C)c2ccccc2)n[nH]1. The van der Waals surface area contributed by atoms with Crippen LogP contribution in [0.4, 0.5) is 0 Å². The third-order valence-corrected chi connectivity index (χ3v) is 2.72. The molecular weight excluding hydrogens is 198 g/mol. The van der Waals surface area contributed by atoms with E-state index >= 15 is 0 Å². The molecule has 0 aliphatic carbocycles. The van der Waals surface area contributed by atoms with E-state index in [0.29, 0.717) is 0 Å². The summed E-state index contributed by atoms with van der Waals surface area (Å²) in [6.45, 7) is 4.27. The van der Waals surface area contributed by atoms with Gasteiger partial charge in [-0.3, -0.25) is 5.10 Å². The Morgan fingerprint density at radius 1 is 1.25 bits per heavy atom. The normalized spacial score (nSPS) is 12.6. The molecule has 3 heteroatoms. The largest absolute Gasteiger partial charge is 0.263 e. The Balaban J connectivity index is 2.17. The second-order valence-corrected chi connectivity index (χ2v) is 4.02. The van der Waals surface area contributed by atoms with E-state index in [-0.39, 0.29) is 5.92 Å². The van der Waals surface area contributed by atoms with E-state index in [2.05, 4.69) is 41.2 Å². The van der Waals surface area contributed by atoms with Gasteiger partial charge < -0.3 is 0 Å². The van der Waals surface area contributed by atoms with Crippen LogP contribution in [0.5, 0.6) is 0 Å². The summed E-state index contributed by atoms with van der Waals surface area (Å²) in [7, 11) is 0. The molecule has 0 bridgehead atoms. The third kappa shape index (κ3) is 2.30. The summed E-state index contributed by atoms with van der Waals surface area (Å²) in [4.78, 5) is 4.51. The van der Waals surface area contributed by atoms with Crippen LogP contribution in [0.3, 0.4) is 0 Å². The molecule has 1 atom stereocenters. The van der Waals surface area contributed by atoms with Crippen molar-refractivity contribution >= 4 is 0 Å². The molecule has 0 aliphatic rings. The number of aromatic nitrogens is 3. The number of benzene rings is 1. The number of hydrogen-bond acceptors (Lipinski definition) is 2. The van der Waals surface area contributed by atoms with Crippen LogP contribution in [0.1, 0.15) is 43.4 Å². The first-order chi connectivity index (χ1) is 7.81. The molecule has 1 unspecified atom stereocenters. The molecule has 0 aliphatic heterocycles. The predicted octanol–water partition coefficient (Wildman–Crippen LogP) is 2.91. The van der Waals surface area contributed by atoms with E-state index in [9.17, 15) is 0 Å². The van der Waals surface area contributed by atoms with Crippen LogP contribution < -0.4 is 0 Å². The minimum atomic E-state index is 0.253. The van der Waals surface area contributed by atoms with Crippen molar-refractivity contribution in [1.82, 2.24) is 15.2 Å². The Labute approximate surface area is 95.9 Å². The number of aryl methyl sites for hydroxylation is 1. The zero-order valence-corrected chi connectivity index (χ0v) is 9.77. The summed E-state index contributed by atoms with van der Waals surface area (Å²) in [6, 6.07) is 10.3. The van der Waals surface area contributed by atoms with Crippen LogP contribution in [0, 0.1) is 0 Å². The van der Waals surface area contributed by atoms with Crippen molar-refractivity contribution in [2.45, 2.75) is 32.6 Å². The van der Waals surface area contributed by atoms with Crippen LogP contribution in [0.2, 0.25) is 0 Å². The van der Waals surface area contributed by atoms with Crippen LogP contribution >= 0.6 is 0 Å². The molecule has 0 amide bonds. The molecule has 0 saturated carbocycles. The Hall–Kier alpha value is -1.64. The van der Waals surface area contributed by atoms with E-state index in [1.54, 1.807) is 0 Å². The molecule has 0 saturated heterocycles. The van der Waals surface area contributed by atoms with E-state index in [4.69, 9.17) is 0 Å². The van der Waals surface area contributed by atoms with E-state index in [1.807, 2.05) is 18.2 Å². The van der Waals surface area contributed by atoms with Crippen molar-refractivity contribution in [3.05, 3.63) is 47.5 Å². The van der Waals surface area contributed by atoms with E-state index < -0.39 is 0 Å². The molecule has 0 spiro atoms. The lowest BCUT2D eigenvalue weighted by molar-refractivity contribution is 0.820. The molecule has 2 rings (SSSR count). The Bertz CT molecular complexity index is 433. The van der Waals surface area contributed by atoms with Gasteiger partial charge in [0.15, 0.2) is 5.82 Å². The van der Waals surface area contributed by atoms with Crippen molar-refractivity contribution in [1.29, 1.82) is 0 Å². The van der Waals surface area contributed by atoms with Crippen molar-refractivity contribution in [3.63, 3.8) is 0 Å². The fraction of sp³-hybridized carbons (Fsp3) is 0.385. The molecule has 1 aromatic heterocycles. The topological polar surface area (TPSA) is 41.6 Å². The molecule has 1 heterocycles. The first-order valence-corrected chi connectivity index (χ1v) is 5.77. The maximum absolute atomic E-state index is 4.51. The fourth-order valence-corrected chi connectivity index (χ4v) is 1.74. The highest BCUT2D eigenvalue weighted by Gasteiger charge is 2.12. The zero-order valence-electron chi connectivity index (χ0n) is 9.77. The third-order valence-electron chi connectivity index (χ3n) is 2.72. The van der Waals surface area contributed by atoms with Gasteiger partial charge in [-0.1, -0.05) is 44.2 Å². The highest BCUT2D eigenvalue weighted by atomic mass is 15.2. The summed E-state index contributed by atoms with van der Waals surface area (Å²) in [5, 5.41) is 7.27. The van der Waals surface area contributed by atoms with Gasteiger partial charge in [0.25, 0.3) is 0 Å². The van der Waals surface area contributed by atoms with Gasteiger partial charge in [-0.2, -0.15) is 5.10 Å². The van der Waals surface area contributed by atoms with Crippen LogP contribution in [-0.4, -0.2) is 15.2 Å². The second-order valence-electron chi connectivity index (χ2n) is 4.02. The van der Waals surface area contributed by atoms with Crippen molar-refractivity contribution in [2.75, 3.05) is 0 Å². The summed E-state index contributed by atoms with van der Waals surface area (Å²) in [5.74, 6) is 2.12. The van der Waals surface area contributed by atoms with Crippen LogP contribution in [0.15, 0.2) is 30.3 Å². The van der Waals surface area contributed by atoms with Gasteiger partial charge in [0.2, 0.25) is 0 Å². The standard InChI is InChI=1S/C13H17N3/c1-3-7-12-14-13(16-15-12)10(2)11-8-5-4-6-9-11/h4-6,8-10H,3,7H2,1-2H3,(H,14,15,16). The molecule has 84 valence electrons. The zero-order chi connectivity index (χ0) is 11.4. The average molecular weight is 215 g/mol. The molecule has 3 nitrogen and oxygen atoms in total. The Kier molecular flexibility index (Phi) is 3.34. The number of aromatic amines is 1. The second kappa shape index (κ2) is 4.92. The molecule has 2 aromatic rings. The number of nitrogens with one attached hydrogen (secondary N) is 1. The van der Waals surface area contributed by atoms with Crippen molar-refractivity contribution in [3.8, 4) is 0 Å². The quantitative estimate of drug-likeness (QED) is 0.852. The summed E-state index contributed by atoms with van der Waals surface area (Å²) < 4.78 is 0. The Morgan fingerprint density at radius 2 is 2.00 bits per heavy atom. The molecular formula is C13H17N3. The minimum absolute atomic E-state index is 0.253. The lowest BCUT2D eigenvalue weighted by atomic mass is 10.0. The highest BCUT2D eigenvalue weighted by molar-refractivity contribution is 5.24. The fourth-order valence-electron chi connectivity index (χ4n) is 1.74. The lowest BCUT2D eigenvalue weighted by Crippen LogP contribution is -1.98. The highest BCUT2D eigenvalue weighted by Crippen LogP contribution is 2.20. The van der Waals surface area contributed by atoms with Crippen LogP contribution in [-0.2, 0) is 6.42 Å². The Morgan fingerprint density at radius 3 is 2.69 bits per heavy atom. The minimum Gasteiger partial charge on any atom is -0.263 e. The smallest absolute Gasteiger partial charge is 0.157 e. The first kappa shape index (κ1) is 10.9. The van der Waals surface area contributed by atoms with Gasteiger partial charge in [-0.05, 0) is 12.0 Å². The molecule has 16 heavy (non-hydrogen) atoms. The average Bonchev–Trinajstić information content (AvgIpc) is 2.78. The van der Waals surface area contributed by atoms with Gasteiger partial charge >= 0.3 is 0 Å². The van der Waals surface area contributed by atoms with Crippen LogP contribution in [0.25, 0.3) is 0 Å². The number of H-pyrrole nitrogens is 1. The van der Waals surface area contributed by atoms with Gasteiger partial charge in [0.05, 0.1) is 0 Å². The van der Waals surface area contributed by atoms with Crippen molar-refractivity contribution in [2.24, 2.45) is 0 Å². The van der Waals surface area contributed by atoms with Crippen molar-refractivity contribution < 1.29 is 0 Å². The van der Waals surface area contributed by atoms with Gasteiger partial charge in [-0.25, -0.2) is 4.98 Å². The number of rotatable bonds is 4. The van der Waals surface area contributed by atoms with Gasteiger partial charge in [0.1, 0.15) is 5.82 Å². The summed E-state index contributed by atoms with van der Waals surface area (Å²) in [5.41, 5.74) is 1.25. The van der Waals surface area contributed by atoms with E-state index in [0.717, 1.165) is 24.5 Å². The number of nitrogens with zero attached hydrogens (tertiary/aromatic N) is 2. The monoisotopic (exact) mass is 215 g/mol. The lowest BCUT2D eigenvalue weighted by Gasteiger charge is -2.06. The summed E-state index contributed by atoms with van der Waals surface area (Å²) >= 11 is 0. The van der Waals surface area contributed by atoms with Gasteiger partial charge in [0, 0.05) is 12.3 Å². The van der Waals surface area contributed by atoms with E-state index in [1.165, 1.54) is 5.56 Å². The summed E-state index contributed by atoms with van der Waals surface area (Å²) in [6.07, 6.45) is 2.06. The predicted molar refractivity (Wildman–Crippen MR) is 64.3 cm³/mol. The molecule has 1 aromatic carbocycles. The molecule has 0 fully saturated rings. The first-order valence-electron chi connectivity index (χ1n) is 5.77. The molecule has 1 N–H and O–H groups in total. The number of hydrogen-bond donors (Lipinski definition) is 1. The maximum Gasteiger partial charge on any atom is 0.157 e. The molecule has 0 radical (unpaired) electrons.